The van der Waals surface area contributed by atoms with E-state index in [-0.39, 0.29) is 5.91 Å². The molecule has 0 aromatic heterocycles. The summed E-state index contributed by atoms with van der Waals surface area (Å²) < 4.78 is 0.935. The van der Waals surface area contributed by atoms with Gasteiger partial charge >= 0.3 is 0 Å². The molecule has 0 aliphatic carbocycles. The Morgan fingerprint density at radius 3 is 2.67 bits per heavy atom. The van der Waals surface area contributed by atoms with Crippen LogP contribution in [0.4, 0.5) is 5.69 Å². The van der Waals surface area contributed by atoms with E-state index in [1.165, 1.54) is 5.56 Å². The first-order valence-corrected chi connectivity index (χ1v) is 6.74. The Balaban J connectivity index is 1.93. The lowest BCUT2D eigenvalue weighted by Crippen LogP contribution is -2.50. The topological polar surface area (TPSA) is 35.6 Å². The zero-order valence-electron chi connectivity index (χ0n) is 10.1. The molecule has 1 N–H and O–H groups in total. The molecule has 1 saturated heterocycles. The monoisotopic (exact) mass is 307 g/mol. The zero-order valence-corrected chi connectivity index (χ0v) is 11.7. The maximum atomic E-state index is 12.5. The molecule has 2 heterocycles. The van der Waals surface area contributed by atoms with Gasteiger partial charge in [-0.1, -0.05) is 33.6 Å². The first kappa shape index (κ1) is 11.7. The van der Waals surface area contributed by atoms with Gasteiger partial charge in [-0.05, 0) is 19.1 Å². The quantitative estimate of drug-likeness (QED) is 0.859. The molecule has 0 bridgehead atoms. The van der Waals surface area contributed by atoms with Crippen molar-refractivity contribution in [1.82, 2.24) is 10.4 Å². The van der Waals surface area contributed by atoms with Crippen LogP contribution in [0.5, 0.6) is 0 Å². The number of rotatable bonds is 1. The fourth-order valence-electron chi connectivity index (χ4n) is 2.30. The Bertz CT molecular complexity index is 524. The average Bonchev–Trinajstić information content (AvgIpc) is 2.74. The minimum Gasteiger partial charge on any atom is -0.305 e. The zero-order chi connectivity index (χ0) is 12.7. The number of hydrogen-bond donors (Lipinski definition) is 1. The van der Waals surface area contributed by atoms with Gasteiger partial charge in [0, 0.05) is 23.3 Å². The maximum Gasteiger partial charge on any atom is 0.276 e. The molecule has 4 nitrogen and oxygen atoms in total. The summed E-state index contributed by atoms with van der Waals surface area (Å²) in [6.07, 6.45) is 0. The van der Waals surface area contributed by atoms with Gasteiger partial charge in [0.25, 0.3) is 5.91 Å². The van der Waals surface area contributed by atoms with Crippen molar-refractivity contribution in [2.24, 2.45) is 0 Å². The SMILES string of the molecule is Cc1ccc(N2CCN3NCC(Br)=C3C2=O)cc1. The van der Waals surface area contributed by atoms with Crippen molar-refractivity contribution in [2.45, 2.75) is 6.92 Å². The van der Waals surface area contributed by atoms with E-state index in [9.17, 15) is 4.79 Å². The lowest BCUT2D eigenvalue weighted by Gasteiger charge is -2.34. The summed E-state index contributed by atoms with van der Waals surface area (Å²) in [5.41, 5.74) is 6.09. The smallest absolute Gasteiger partial charge is 0.276 e. The highest BCUT2D eigenvalue weighted by Gasteiger charge is 2.35. The van der Waals surface area contributed by atoms with Crippen LogP contribution in [0.2, 0.25) is 0 Å². The second kappa shape index (κ2) is 4.40. The number of nitrogens with one attached hydrogen (secondary N) is 1. The van der Waals surface area contributed by atoms with Crippen LogP contribution in [0.25, 0.3) is 0 Å². The van der Waals surface area contributed by atoms with Gasteiger partial charge in [-0.2, -0.15) is 0 Å². The minimum atomic E-state index is 0.0574. The number of hydrogen-bond acceptors (Lipinski definition) is 3. The van der Waals surface area contributed by atoms with Gasteiger partial charge in [0.1, 0.15) is 5.70 Å². The number of anilines is 1. The Kier molecular flexibility index (Phi) is 2.87. The van der Waals surface area contributed by atoms with Crippen LogP contribution in [0.3, 0.4) is 0 Å². The molecule has 2 aliphatic heterocycles. The fraction of sp³-hybridized carbons (Fsp3) is 0.308. The summed E-state index contributed by atoms with van der Waals surface area (Å²) >= 11 is 3.46. The van der Waals surface area contributed by atoms with E-state index >= 15 is 0 Å². The summed E-state index contributed by atoms with van der Waals surface area (Å²) in [6.45, 7) is 4.26. The van der Waals surface area contributed by atoms with Crippen LogP contribution in [0, 0.1) is 6.92 Å². The Labute approximate surface area is 114 Å². The largest absolute Gasteiger partial charge is 0.305 e. The summed E-state index contributed by atoms with van der Waals surface area (Å²) in [6, 6.07) is 8.07. The van der Waals surface area contributed by atoms with E-state index in [1.54, 1.807) is 0 Å². The van der Waals surface area contributed by atoms with Crippen molar-refractivity contribution in [3.05, 3.63) is 40.0 Å². The molecule has 0 spiro atoms. The summed E-state index contributed by atoms with van der Waals surface area (Å²) in [4.78, 5) is 14.3. The predicted molar refractivity (Wildman–Crippen MR) is 74.2 cm³/mol. The van der Waals surface area contributed by atoms with Crippen LogP contribution in [0.15, 0.2) is 34.4 Å². The van der Waals surface area contributed by atoms with E-state index in [4.69, 9.17) is 0 Å². The van der Waals surface area contributed by atoms with Gasteiger partial charge in [-0.3, -0.25) is 4.79 Å². The number of aryl methyl sites for hydroxylation is 1. The Morgan fingerprint density at radius 2 is 1.94 bits per heavy atom. The van der Waals surface area contributed by atoms with E-state index in [0.29, 0.717) is 13.1 Å². The third kappa shape index (κ3) is 1.83. The minimum absolute atomic E-state index is 0.0574. The molecule has 0 unspecified atom stereocenters. The molecule has 2 aliphatic rings. The molecule has 5 heteroatoms. The molecule has 94 valence electrons. The number of piperazine rings is 1. The molecule has 18 heavy (non-hydrogen) atoms. The van der Waals surface area contributed by atoms with Crippen molar-refractivity contribution >= 4 is 27.5 Å². The van der Waals surface area contributed by atoms with Crippen LogP contribution in [-0.4, -0.2) is 30.6 Å². The molecular formula is C13H14BrN3O. The third-order valence-corrected chi connectivity index (χ3v) is 3.95. The van der Waals surface area contributed by atoms with E-state index in [1.807, 2.05) is 41.1 Å². The first-order chi connectivity index (χ1) is 8.66. The molecule has 1 aromatic rings. The average molecular weight is 308 g/mol. The van der Waals surface area contributed by atoms with Gasteiger partial charge in [-0.15, -0.1) is 0 Å². The number of nitrogens with zero attached hydrogens (tertiary/aromatic N) is 2. The van der Waals surface area contributed by atoms with Gasteiger partial charge in [0.15, 0.2) is 0 Å². The van der Waals surface area contributed by atoms with E-state index in [2.05, 4.69) is 21.4 Å². The number of fused-ring (bicyclic) bond motifs is 1. The van der Waals surface area contributed by atoms with Crippen molar-refractivity contribution < 1.29 is 4.79 Å². The van der Waals surface area contributed by atoms with E-state index in [0.717, 1.165) is 22.4 Å². The molecule has 0 atom stereocenters. The van der Waals surface area contributed by atoms with Crippen LogP contribution >= 0.6 is 15.9 Å². The number of carbonyl (C=O) groups excluding carboxylic acids is 1. The fourth-order valence-corrected chi connectivity index (χ4v) is 2.81. The second-order valence-corrected chi connectivity index (χ2v) is 5.49. The highest BCUT2D eigenvalue weighted by molar-refractivity contribution is 9.11. The predicted octanol–water partition coefficient (Wildman–Crippen LogP) is 1.77. The molecule has 0 radical (unpaired) electrons. The highest BCUT2D eigenvalue weighted by Crippen LogP contribution is 2.28. The van der Waals surface area contributed by atoms with Crippen molar-refractivity contribution in [3.63, 3.8) is 0 Å². The van der Waals surface area contributed by atoms with Crippen LogP contribution < -0.4 is 10.3 Å². The standard InChI is InChI=1S/C13H14BrN3O/c1-9-2-4-10(5-3-9)16-6-7-17-12(13(16)18)11(14)8-15-17/h2-5,15H,6-8H2,1H3. The van der Waals surface area contributed by atoms with Gasteiger partial charge in [-0.25, -0.2) is 5.43 Å². The molecule has 3 rings (SSSR count). The normalized spacial score (nSPS) is 19.6. The molecule has 1 amide bonds. The van der Waals surface area contributed by atoms with Crippen molar-refractivity contribution in [3.8, 4) is 0 Å². The second-order valence-electron chi connectivity index (χ2n) is 4.53. The van der Waals surface area contributed by atoms with Gasteiger partial charge in [0.2, 0.25) is 0 Å². The number of halogens is 1. The third-order valence-electron chi connectivity index (χ3n) is 3.29. The lowest BCUT2D eigenvalue weighted by atomic mass is 10.2. The Hall–Kier alpha value is -1.33. The summed E-state index contributed by atoms with van der Waals surface area (Å²) in [7, 11) is 0. The van der Waals surface area contributed by atoms with Gasteiger partial charge < -0.3 is 9.91 Å². The number of amides is 1. The van der Waals surface area contributed by atoms with Crippen molar-refractivity contribution in [2.75, 3.05) is 24.5 Å². The first-order valence-electron chi connectivity index (χ1n) is 5.95. The lowest BCUT2D eigenvalue weighted by molar-refractivity contribution is -0.118. The number of benzene rings is 1. The number of carbonyl (C=O) groups is 1. The Morgan fingerprint density at radius 1 is 1.22 bits per heavy atom. The van der Waals surface area contributed by atoms with Crippen LogP contribution in [-0.2, 0) is 4.79 Å². The highest BCUT2D eigenvalue weighted by atomic mass is 79.9. The maximum absolute atomic E-state index is 12.5. The number of hydrazine groups is 1. The molecule has 0 saturated carbocycles. The molecule has 1 fully saturated rings. The molecule has 1 aromatic carbocycles. The van der Waals surface area contributed by atoms with Gasteiger partial charge in [0.05, 0.1) is 6.54 Å². The van der Waals surface area contributed by atoms with Crippen molar-refractivity contribution in [1.29, 1.82) is 0 Å². The summed E-state index contributed by atoms with van der Waals surface area (Å²) in [5.74, 6) is 0.0574. The summed E-state index contributed by atoms with van der Waals surface area (Å²) in [5, 5.41) is 1.93. The van der Waals surface area contributed by atoms with Crippen LogP contribution in [0.1, 0.15) is 5.56 Å². The van der Waals surface area contributed by atoms with E-state index < -0.39 is 0 Å². The molecular weight excluding hydrogens is 294 g/mol.